The average Bonchev–Trinajstić information content (AvgIpc) is 2.50. The summed E-state index contributed by atoms with van der Waals surface area (Å²) in [6.45, 7) is 2.30. The van der Waals surface area contributed by atoms with Crippen molar-refractivity contribution >= 4 is 5.57 Å². The lowest BCUT2D eigenvalue weighted by atomic mass is 9.93. The van der Waals surface area contributed by atoms with Crippen LogP contribution in [-0.2, 0) is 0 Å². The quantitative estimate of drug-likeness (QED) is 0.848. The molecule has 0 aliphatic heterocycles. The van der Waals surface area contributed by atoms with Gasteiger partial charge in [-0.05, 0) is 23.1 Å². The van der Waals surface area contributed by atoms with E-state index in [1.54, 1.807) is 0 Å². The third-order valence-corrected chi connectivity index (χ3v) is 3.33. The van der Waals surface area contributed by atoms with E-state index in [-0.39, 0.29) is 12.5 Å². The first kappa shape index (κ1) is 13.6. The van der Waals surface area contributed by atoms with Gasteiger partial charge in [-0.25, -0.2) is 0 Å². The maximum absolute atomic E-state index is 9.42. The van der Waals surface area contributed by atoms with Crippen LogP contribution in [0.3, 0.4) is 0 Å². The molecular weight excluding hydrogens is 232 g/mol. The van der Waals surface area contributed by atoms with Gasteiger partial charge in [-0.1, -0.05) is 73.7 Å². The van der Waals surface area contributed by atoms with Gasteiger partial charge in [0.15, 0.2) is 0 Å². The van der Waals surface area contributed by atoms with E-state index in [0.29, 0.717) is 0 Å². The lowest BCUT2D eigenvalue weighted by Crippen LogP contribution is -2.02. The van der Waals surface area contributed by atoms with Gasteiger partial charge in [0.2, 0.25) is 0 Å². The van der Waals surface area contributed by atoms with Gasteiger partial charge in [0, 0.05) is 12.5 Å². The van der Waals surface area contributed by atoms with Crippen LogP contribution in [0.25, 0.3) is 5.57 Å². The molecule has 0 heterocycles. The number of aliphatic hydroxyl groups is 1. The van der Waals surface area contributed by atoms with Crippen molar-refractivity contribution in [1.29, 1.82) is 0 Å². The minimum atomic E-state index is 0.194. The first-order chi connectivity index (χ1) is 9.35. The maximum atomic E-state index is 9.42. The highest BCUT2D eigenvalue weighted by molar-refractivity contribution is 5.79. The molecule has 0 radical (unpaired) electrons. The van der Waals surface area contributed by atoms with Crippen LogP contribution in [0.1, 0.15) is 24.5 Å². The minimum Gasteiger partial charge on any atom is -0.396 e. The van der Waals surface area contributed by atoms with Crippen LogP contribution in [-0.4, -0.2) is 11.7 Å². The second kappa shape index (κ2) is 6.91. The lowest BCUT2D eigenvalue weighted by Gasteiger charge is -2.13. The molecule has 0 aromatic heterocycles. The third kappa shape index (κ3) is 3.55. The molecule has 1 nitrogen and oxygen atoms in total. The van der Waals surface area contributed by atoms with Gasteiger partial charge < -0.3 is 5.11 Å². The highest BCUT2D eigenvalue weighted by Crippen LogP contribution is 2.25. The molecule has 1 atom stereocenters. The summed E-state index contributed by atoms with van der Waals surface area (Å²) in [5.74, 6) is 0.204. The molecule has 1 N–H and O–H groups in total. The summed E-state index contributed by atoms with van der Waals surface area (Å²) >= 11 is 0. The molecule has 1 unspecified atom stereocenters. The van der Waals surface area contributed by atoms with E-state index in [4.69, 9.17) is 0 Å². The summed E-state index contributed by atoms with van der Waals surface area (Å²) in [7, 11) is 0. The zero-order valence-corrected chi connectivity index (χ0v) is 11.3. The Morgan fingerprint density at radius 2 is 1.42 bits per heavy atom. The summed E-state index contributed by atoms with van der Waals surface area (Å²) in [5.41, 5.74) is 3.59. The molecule has 2 aromatic carbocycles. The average molecular weight is 252 g/mol. The molecule has 2 aromatic rings. The van der Waals surface area contributed by atoms with Gasteiger partial charge in [-0.3, -0.25) is 0 Å². The van der Waals surface area contributed by atoms with E-state index < -0.39 is 0 Å². The topological polar surface area (TPSA) is 20.2 Å². The Hall–Kier alpha value is -1.86. The normalized spacial score (nSPS) is 11.9. The van der Waals surface area contributed by atoms with Crippen molar-refractivity contribution < 1.29 is 5.11 Å². The van der Waals surface area contributed by atoms with E-state index in [1.807, 2.05) is 36.4 Å². The third-order valence-electron chi connectivity index (χ3n) is 3.33. The summed E-state index contributed by atoms with van der Waals surface area (Å²) in [5, 5.41) is 9.42. The van der Waals surface area contributed by atoms with Crippen LogP contribution >= 0.6 is 0 Å². The molecule has 0 aliphatic carbocycles. The van der Waals surface area contributed by atoms with Gasteiger partial charge in [0.1, 0.15) is 0 Å². The fraction of sp³-hybridized carbons (Fsp3) is 0.222. The number of hydrogen-bond acceptors (Lipinski definition) is 1. The molecule has 0 bridgehead atoms. The van der Waals surface area contributed by atoms with E-state index in [9.17, 15) is 5.11 Å². The Morgan fingerprint density at radius 3 is 1.79 bits per heavy atom. The first-order valence-corrected chi connectivity index (χ1v) is 6.78. The van der Waals surface area contributed by atoms with Crippen molar-refractivity contribution in [3.63, 3.8) is 0 Å². The van der Waals surface area contributed by atoms with E-state index >= 15 is 0 Å². The summed E-state index contributed by atoms with van der Waals surface area (Å²) in [6.07, 6.45) is 3.13. The van der Waals surface area contributed by atoms with Gasteiger partial charge in [-0.2, -0.15) is 0 Å². The van der Waals surface area contributed by atoms with Crippen molar-refractivity contribution in [3.05, 3.63) is 77.9 Å². The summed E-state index contributed by atoms with van der Waals surface area (Å²) in [6, 6.07) is 20.7. The van der Waals surface area contributed by atoms with E-state index in [2.05, 4.69) is 37.3 Å². The number of aliphatic hydroxyl groups excluding tert-OH is 1. The molecule has 1 heteroatoms. The first-order valence-electron chi connectivity index (χ1n) is 6.78. The summed E-state index contributed by atoms with van der Waals surface area (Å²) < 4.78 is 0. The van der Waals surface area contributed by atoms with Crippen LogP contribution < -0.4 is 0 Å². The monoisotopic (exact) mass is 252 g/mol. The van der Waals surface area contributed by atoms with E-state index in [0.717, 1.165) is 6.42 Å². The molecular formula is C18H20O. The zero-order valence-electron chi connectivity index (χ0n) is 11.3. The molecule has 0 saturated heterocycles. The van der Waals surface area contributed by atoms with Crippen LogP contribution in [0.5, 0.6) is 0 Å². The Kier molecular flexibility index (Phi) is 4.93. The molecule has 0 amide bonds. The van der Waals surface area contributed by atoms with Crippen molar-refractivity contribution in [2.45, 2.75) is 13.3 Å². The summed E-state index contributed by atoms with van der Waals surface area (Å²) in [4.78, 5) is 0. The van der Waals surface area contributed by atoms with Gasteiger partial charge in [0.25, 0.3) is 0 Å². The number of benzene rings is 2. The highest BCUT2D eigenvalue weighted by Gasteiger charge is 2.08. The van der Waals surface area contributed by atoms with Gasteiger partial charge in [-0.15, -0.1) is 0 Å². The fourth-order valence-corrected chi connectivity index (χ4v) is 2.13. The molecule has 2 rings (SSSR count). The van der Waals surface area contributed by atoms with Crippen molar-refractivity contribution in [2.24, 2.45) is 5.92 Å². The Balaban J connectivity index is 2.45. The van der Waals surface area contributed by atoms with Crippen LogP contribution in [0.2, 0.25) is 0 Å². The van der Waals surface area contributed by atoms with Crippen molar-refractivity contribution in [3.8, 4) is 0 Å². The predicted molar refractivity (Wildman–Crippen MR) is 80.8 cm³/mol. The van der Waals surface area contributed by atoms with Crippen LogP contribution in [0.15, 0.2) is 66.7 Å². The molecule has 98 valence electrons. The van der Waals surface area contributed by atoms with Gasteiger partial charge >= 0.3 is 0 Å². The number of hydrogen-bond donors (Lipinski definition) is 1. The molecule has 0 aliphatic rings. The van der Waals surface area contributed by atoms with Crippen molar-refractivity contribution in [2.75, 3.05) is 6.61 Å². The smallest absolute Gasteiger partial charge is 0.0494 e. The molecule has 0 saturated carbocycles. The molecule has 0 fully saturated rings. The maximum Gasteiger partial charge on any atom is 0.0494 e. The Morgan fingerprint density at radius 1 is 0.947 bits per heavy atom. The van der Waals surface area contributed by atoms with Crippen LogP contribution in [0.4, 0.5) is 0 Å². The van der Waals surface area contributed by atoms with Gasteiger partial charge in [0.05, 0.1) is 0 Å². The molecule has 0 spiro atoms. The van der Waals surface area contributed by atoms with E-state index in [1.165, 1.54) is 16.7 Å². The van der Waals surface area contributed by atoms with Crippen molar-refractivity contribution in [1.82, 2.24) is 0 Å². The van der Waals surface area contributed by atoms with Crippen LogP contribution in [0, 0.1) is 5.92 Å². The highest BCUT2D eigenvalue weighted by atomic mass is 16.3. The minimum absolute atomic E-state index is 0.194. The second-order valence-corrected chi connectivity index (χ2v) is 4.66. The number of rotatable bonds is 5. The fourth-order valence-electron chi connectivity index (χ4n) is 2.13. The second-order valence-electron chi connectivity index (χ2n) is 4.66. The SMILES string of the molecule is CCC(C=C(c1ccccc1)c1ccccc1)CO. The zero-order chi connectivity index (χ0) is 13.5. The molecule has 19 heavy (non-hydrogen) atoms. The standard InChI is InChI=1S/C18H20O/c1-2-15(14-19)13-18(16-9-5-3-6-10-16)17-11-7-4-8-12-17/h3-13,15,19H,2,14H2,1H3. The Bertz CT molecular complexity index is 468. The lowest BCUT2D eigenvalue weighted by molar-refractivity contribution is 0.250. The largest absolute Gasteiger partial charge is 0.396 e. The Labute approximate surface area is 115 Å². The predicted octanol–water partition coefficient (Wildman–Crippen LogP) is 4.14.